The van der Waals surface area contributed by atoms with Crippen LogP contribution in [-0.4, -0.2) is 84.5 Å². The van der Waals surface area contributed by atoms with Gasteiger partial charge in [0.05, 0.1) is 11.9 Å². The molecule has 2 aliphatic heterocycles. The fourth-order valence-electron chi connectivity index (χ4n) is 4.86. The minimum atomic E-state index is -0.0507. The summed E-state index contributed by atoms with van der Waals surface area (Å²) < 4.78 is 7.04. The maximum Gasteiger partial charge on any atom is 0.268 e. The first-order valence-corrected chi connectivity index (χ1v) is 12.4. The van der Waals surface area contributed by atoms with Crippen molar-refractivity contribution in [1.29, 1.82) is 0 Å². The van der Waals surface area contributed by atoms with Gasteiger partial charge in [0, 0.05) is 57.4 Å². The normalized spacial score (nSPS) is 18.8. The van der Waals surface area contributed by atoms with Crippen LogP contribution in [-0.2, 0) is 16.1 Å². The number of anilines is 1. The van der Waals surface area contributed by atoms with Crippen LogP contribution in [0.25, 0.3) is 0 Å². The lowest BCUT2D eigenvalue weighted by atomic mass is 9.93. The van der Waals surface area contributed by atoms with Crippen molar-refractivity contribution < 1.29 is 9.53 Å². The molecule has 0 saturated carbocycles. The molecule has 0 aromatic carbocycles. The van der Waals surface area contributed by atoms with E-state index in [0.717, 1.165) is 83.5 Å². The Bertz CT molecular complexity index is 767. The van der Waals surface area contributed by atoms with E-state index in [0.29, 0.717) is 25.1 Å². The lowest BCUT2D eigenvalue weighted by Gasteiger charge is -2.41. The number of hydrogen-bond acceptors (Lipinski definition) is 6. The molecule has 8 heteroatoms. The molecule has 0 radical (unpaired) electrons. The fourth-order valence-corrected chi connectivity index (χ4v) is 4.86. The highest BCUT2D eigenvalue weighted by molar-refractivity contribution is 5.79. The van der Waals surface area contributed by atoms with Gasteiger partial charge in [-0.2, -0.15) is 5.10 Å². The molecule has 3 rings (SSSR count). The van der Waals surface area contributed by atoms with E-state index in [9.17, 15) is 9.59 Å². The van der Waals surface area contributed by atoms with Gasteiger partial charge in [0.1, 0.15) is 0 Å². The number of hydrogen-bond donors (Lipinski definition) is 0. The van der Waals surface area contributed by atoms with Gasteiger partial charge in [0.2, 0.25) is 5.91 Å². The van der Waals surface area contributed by atoms with Crippen molar-refractivity contribution in [3.8, 4) is 0 Å². The SMILES string of the molecule is CCCn1ncc(N2CCC(C(=O)N(CCCOCC)C3CCN(C)CC3)CC2)cc1=O. The molecule has 0 spiro atoms. The van der Waals surface area contributed by atoms with E-state index < -0.39 is 0 Å². The Labute approximate surface area is 192 Å². The predicted molar refractivity (Wildman–Crippen MR) is 127 cm³/mol. The van der Waals surface area contributed by atoms with Crippen molar-refractivity contribution in [2.24, 2.45) is 5.92 Å². The number of aromatic nitrogens is 2. The zero-order valence-electron chi connectivity index (χ0n) is 20.2. The summed E-state index contributed by atoms with van der Waals surface area (Å²) in [5.74, 6) is 0.374. The van der Waals surface area contributed by atoms with E-state index in [1.165, 1.54) is 4.68 Å². The highest BCUT2D eigenvalue weighted by atomic mass is 16.5. The van der Waals surface area contributed by atoms with Crippen LogP contribution >= 0.6 is 0 Å². The smallest absolute Gasteiger partial charge is 0.268 e. The summed E-state index contributed by atoms with van der Waals surface area (Å²) in [6, 6.07) is 2.03. The average molecular weight is 448 g/mol. The number of likely N-dealkylation sites (tertiary alicyclic amines) is 1. The molecule has 3 heterocycles. The second kappa shape index (κ2) is 12.3. The van der Waals surface area contributed by atoms with Crippen LogP contribution < -0.4 is 10.5 Å². The molecule has 180 valence electrons. The van der Waals surface area contributed by atoms with Crippen molar-refractivity contribution in [1.82, 2.24) is 19.6 Å². The van der Waals surface area contributed by atoms with Gasteiger partial charge in [-0.25, -0.2) is 4.68 Å². The van der Waals surface area contributed by atoms with Gasteiger partial charge in [-0.05, 0) is 65.6 Å². The summed E-state index contributed by atoms with van der Waals surface area (Å²) in [4.78, 5) is 32.5. The molecule has 0 aliphatic carbocycles. The Balaban J connectivity index is 1.59. The summed E-state index contributed by atoms with van der Waals surface area (Å²) in [7, 11) is 2.16. The fraction of sp³-hybridized carbons (Fsp3) is 0.792. The van der Waals surface area contributed by atoms with Crippen molar-refractivity contribution >= 4 is 11.6 Å². The highest BCUT2D eigenvalue weighted by Gasteiger charge is 2.33. The van der Waals surface area contributed by atoms with Crippen molar-refractivity contribution in [3.05, 3.63) is 22.6 Å². The second-order valence-electron chi connectivity index (χ2n) is 9.15. The number of ether oxygens (including phenoxy) is 1. The predicted octanol–water partition coefficient (Wildman–Crippen LogP) is 2.22. The maximum absolute atomic E-state index is 13.5. The second-order valence-corrected chi connectivity index (χ2v) is 9.15. The zero-order valence-corrected chi connectivity index (χ0v) is 20.2. The molecule has 0 N–H and O–H groups in total. The van der Waals surface area contributed by atoms with Gasteiger partial charge >= 0.3 is 0 Å². The third-order valence-corrected chi connectivity index (χ3v) is 6.80. The standard InChI is InChI=1S/C24H41N5O3/c1-4-11-29-23(30)18-22(19-25-29)27-15-7-20(8-16-27)24(31)28(12-6-17-32-5-2)21-9-13-26(3)14-10-21/h18-21H,4-17H2,1-3H3. The largest absolute Gasteiger partial charge is 0.382 e. The monoisotopic (exact) mass is 447 g/mol. The summed E-state index contributed by atoms with van der Waals surface area (Å²) in [5, 5.41) is 4.31. The third-order valence-electron chi connectivity index (χ3n) is 6.80. The number of rotatable bonds is 10. The third kappa shape index (κ3) is 6.54. The molecule has 2 fully saturated rings. The van der Waals surface area contributed by atoms with Crippen LogP contribution in [0, 0.1) is 5.92 Å². The Kier molecular flexibility index (Phi) is 9.53. The quantitative estimate of drug-likeness (QED) is 0.512. The Morgan fingerprint density at radius 3 is 2.50 bits per heavy atom. The number of carbonyl (C=O) groups excluding carboxylic acids is 1. The molecule has 32 heavy (non-hydrogen) atoms. The van der Waals surface area contributed by atoms with Gasteiger partial charge in [-0.15, -0.1) is 0 Å². The molecular weight excluding hydrogens is 406 g/mol. The number of carbonyl (C=O) groups is 1. The minimum Gasteiger partial charge on any atom is -0.382 e. The summed E-state index contributed by atoms with van der Waals surface area (Å²) in [6.45, 7) is 10.6. The molecule has 1 aromatic rings. The van der Waals surface area contributed by atoms with Gasteiger partial charge in [0.15, 0.2) is 0 Å². The van der Waals surface area contributed by atoms with Crippen molar-refractivity contribution in [3.63, 3.8) is 0 Å². The van der Waals surface area contributed by atoms with Crippen molar-refractivity contribution in [2.45, 2.75) is 65.0 Å². The number of piperidine rings is 2. The number of amides is 1. The van der Waals surface area contributed by atoms with Crippen LogP contribution in [0.4, 0.5) is 5.69 Å². The van der Waals surface area contributed by atoms with Gasteiger partial charge in [0.25, 0.3) is 5.56 Å². The number of aryl methyl sites for hydroxylation is 1. The molecule has 2 saturated heterocycles. The van der Waals surface area contributed by atoms with E-state index in [1.54, 1.807) is 12.3 Å². The minimum absolute atomic E-state index is 0.0507. The summed E-state index contributed by atoms with van der Waals surface area (Å²) in [5.41, 5.74) is 0.822. The van der Waals surface area contributed by atoms with Crippen molar-refractivity contribution in [2.75, 3.05) is 57.9 Å². The van der Waals surface area contributed by atoms with Crippen LogP contribution in [0.15, 0.2) is 17.1 Å². The molecule has 0 unspecified atom stereocenters. The molecule has 1 aromatic heterocycles. The van der Waals surface area contributed by atoms with E-state index >= 15 is 0 Å². The Morgan fingerprint density at radius 2 is 1.88 bits per heavy atom. The number of nitrogens with zero attached hydrogens (tertiary/aromatic N) is 5. The topological polar surface area (TPSA) is 70.9 Å². The van der Waals surface area contributed by atoms with Crippen LogP contribution in [0.5, 0.6) is 0 Å². The van der Waals surface area contributed by atoms with Crippen LogP contribution in [0.2, 0.25) is 0 Å². The lowest BCUT2D eigenvalue weighted by molar-refractivity contribution is -0.139. The van der Waals surface area contributed by atoms with E-state index in [-0.39, 0.29) is 11.5 Å². The van der Waals surface area contributed by atoms with E-state index in [2.05, 4.69) is 26.8 Å². The first-order chi connectivity index (χ1) is 15.5. The molecular formula is C24H41N5O3. The van der Waals surface area contributed by atoms with E-state index in [1.807, 2.05) is 13.8 Å². The van der Waals surface area contributed by atoms with Crippen LogP contribution in [0.1, 0.15) is 52.4 Å². The average Bonchev–Trinajstić information content (AvgIpc) is 2.81. The maximum atomic E-state index is 13.5. The van der Waals surface area contributed by atoms with Gasteiger partial charge in [-0.3, -0.25) is 9.59 Å². The molecule has 2 aliphatic rings. The Morgan fingerprint density at radius 1 is 1.16 bits per heavy atom. The van der Waals surface area contributed by atoms with Gasteiger partial charge < -0.3 is 19.4 Å². The first-order valence-electron chi connectivity index (χ1n) is 12.4. The first kappa shape index (κ1) is 24.7. The van der Waals surface area contributed by atoms with E-state index in [4.69, 9.17) is 4.74 Å². The summed E-state index contributed by atoms with van der Waals surface area (Å²) >= 11 is 0. The highest BCUT2D eigenvalue weighted by Crippen LogP contribution is 2.26. The van der Waals surface area contributed by atoms with Gasteiger partial charge in [-0.1, -0.05) is 6.92 Å². The zero-order chi connectivity index (χ0) is 22.9. The molecule has 0 atom stereocenters. The van der Waals surface area contributed by atoms with Crippen LogP contribution in [0.3, 0.4) is 0 Å². The lowest BCUT2D eigenvalue weighted by Crippen LogP contribution is -2.50. The molecule has 8 nitrogen and oxygen atoms in total. The Hall–Kier alpha value is -1.93. The molecule has 1 amide bonds. The summed E-state index contributed by atoms with van der Waals surface area (Å²) in [6.07, 6.45) is 7.32. The molecule has 0 bridgehead atoms.